The molecule has 1 aromatic carbocycles. The van der Waals surface area contributed by atoms with Crippen LogP contribution in [0.1, 0.15) is 84.6 Å². The molecule has 2 aliphatic heterocycles. The Hall–Kier alpha value is -2.80. The number of anilines is 1. The van der Waals surface area contributed by atoms with E-state index in [0.717, 1.165) is 44.9 Å². The number of urea groups is 1. The van der Waals surface area contributed by atoms with E-state index in [4.69, 9.17) is 0 Å². The van der Waals surface area contributed by atoms with E-state index in [1.165, 1.54) is 12.1 Å². The van der Waals surface area contributed by atoms with Crippen molar-refractivity contribution < 1.29 is 26.4 Å². The Balaban J connectivity index is 0.00000529. The molecule has 2 atom stereocenters. The van der Waals surface area contributed by atoms with Gasteiger partial charge in [0, 0.05) is 60.9 Å². The van der Waals surface area contributed by atoms with Gasteiger partial charge in [0.2, 0.25) is 15.6 Å². The number of aromatic amines is 1. The van der Waals surface area contributed by atoms with Crippen LogP contribution in [0.3, 0.4) is 0 Å². The van der Waals surface area contributed by atoms with Gasteiger partial charge in [-0.05, 0) is 82.4 Å². The number of hydrogen-bond donors (Lipinski definition) is 3. The quantitative estimate of drug-likeness (QED) is 0.251. The maximum Gasteiger partial charge on any atom is 0.417 e. The Labute approximate surface area is 259 Å². The number of benzene rings is 1. The standard InChI is InChI=1S/C30H44F3N5O4S.CH4/c1-3-4-18-43(41,42)37-16-12-22(13-17-37)6-5-14-34-29(40)35-15-11-23-8-7-21(2)38(23)24-9-10-27-25(19-24)26(30(31,32)33)20-28(39)36-27;/h9-10,19-23H,3-8,11-18H2,1-2H3,(H,36,39)(H2,34,35,40);1H4/t21-,23-;/m1./s1. The molecule has 0 aliphatic carbocycles. The Bertz CT molecular complexity index is 1410. The van der Waals surface area contributed by atoms with Crippen LogP contribution in [-0.4, -0.2) is 67.8 Å². The molecule has 0 bridgehead atoms. The molecular weight excluding hydrogens is 595 g/mol. The molecule has 4 rings (SSSR count). The molecule has 2 aliphatic rings. The zero-order valence-corrected chi connectivity index (χ0v) is 25.8. The van der Waals surface area contributed by atoms with Crippen molar-refractivity contribution in [3.05, 3.63) is 40.2 Å². The maximum absolute atomic E-state index is 13.7. The number of piperidine rings is 1. The fourth-order valence-corrected chi connectivity index (χ4v) is 8.08. The number of amides is 2. The van der Waals surface area contributed by atoms with Gasteiger partial charge in [-0.2, -0.15) is 13.2 Å². The van der Waals surface area contributed by atoms with E-state index in [1.54, 1.807) is 10.4 Å². The van der Waals surface area contributed by atoms with Gasteiger partial charge in [-0.3, -0.25) is 4.79 Å². The summed E-state index contributed by atoms with van der Waals surface area (Å²) in [6.45, 7) is 6.14. The minimum atomic E-state index is -4.65. The molecule has 1 aromatic heterocycles. The third-order valence-electron chi connectivity index (χ3n) is 8.78. The number of nitrogens with zero attached hydrogens (tertiary/aromatic N) is 2. The van der Waals surface area contributed by atoms with Gasteiger partial charge in [-0.1, -0.05) is 20.8 Å². The van der Waals surface area contributed by atoms with Crippen molar-refractivity contribution in [1.29, 1.82) is 0 Å². The number of aromatic nitrogens is 1. The highest BCUT2D eigenvalue weighted by atomic mass is 32.2. The van der Waals surface area contributed by atoms with Gasteiger partial charge in [0.15, 0.2) is 0 Å². The number of nitrogens with one attached hydrogen (secondary N) is 3. The Kier molecular flexibility index (Phi) is 12.5. The van der Waals surface area contributed by atoms with Crippen LogP contribution in [0, 0.1) is 5.92 Å². The maximum atomic E-state index is 13.7. The summed E-state index contributed by atoms with van der Waals surface area (Å²) in [7, 11) is -3.15. The Morgan fingerprint density at radius 3 is 2.41 bits per heavy atom. The monoisotopic (exact) mass is 643 g/mol. The smallest absolute Gasteiger partial charge is 0.366 e. The summed E-state index contributed by atoms with van der Waals surface area (Å²) in [5.41, 5.74) is -0.934. The highest BCUT2D eigenvalue weighted by Gasteiger charge is 2.35. The molecule has 248 valence electrons. The first kappa shape index (κ1) is 35.7. The van der Waals surface area contributed by atoms with E-state index < -0.39 is 27.3 Å². The van der Waals surface area contributed by atoms with E-state index in [1.807, 2.05) is 13.8 Å². The number of carbonyl (C=O) groups is 1. The summed E-state index contributed by atoms with van der Waals surface area (Å²) in [4.78, 5) is 28.8. The number of carbonyl (C=O) groups excluding carboxylic acids is 1. The summed E-state index contributed by atoms with van der Waals surface area (Å²) in [6, 6.07) is 5.29. The van der Waals surface area contributed by atoms with Crippen LogP contribution in [0.4, 0.5) is 23.7 Å². The second kappa shape index (κ2) is 15.5. The van der Waals surface area contributed by atoms with E-state index >= 15 is 0 Å². The van der Waals surface area contributed by atoms with Crippen molar-refractivity contribution in [2.45, 2.75) is 97.3 Å². The minimum absolute atomic E-state index is 0. The highest BCUT2D eigenvalue weighted by molar-refractivity contribution is 7.89. The highest BCUT2D eigenvalue weighted by Crippen LogP contribution is 2.37. The number of hydrogen-bond acceptors (Lipinski definition) is 5. The fraction of sp³-hybridized carbons (Fsp3) is 0.677. The first-order valence-electron chi connectivity index (χ1n) is 15.4. The number of unbranched alkanes of at least 4 members (excludes halogenated alkanes) is 1. The van der Waals surface area contributed by atoms with Crippen LogP contribution in [0.5, 0.6) is 0 Å². The lowest BCUT2D eigenvalue weighted by molar-refractivity contribution is -0.136. The predicted molar refractivity (Wildman–Crippen MR) is 170 cm³/mol. The van der Waals surface area contributed by atoms with Crippen LogP contribution in [-0.2, 0) is 16.2 Å². The van der Waals surface area contributed by atoms with Crippen molar-refractivity contribution in [3.63, 3.8) is 0 Å². The van der Waals surface area contributed by atoms with Gasteiger partial charge in [0.1, 0.15) is 0 Å². The largest absolute Gasteiger partial charge is 0.417 e. The first-order valence-corrected chi connectivity index (χ1v) is 17.0. The third kappa shape index (κ3) is 9.12. The van der Waals surface area contributed by atoms with Crippen LogP contribution < -0.4 is 21.1 Å². The molecule has 2 aromatic rings. The van der Waals surface area contributed by atoms with Crippen LogP contribution in [0.25, 0.3) is 10.9 Å². The summed E-state index contributed by atoms with van der Waals surface area (Å²) >= 11 is 0. The fourth-order valence-electron chi connectivity index (χ4n) is 6.40. The van der Waals surface area contributed by atoms with Crippen LogP contribution in [0.15, 0.2) is 29.1 Å². The predicted octanol–water partition coefficient (Wildman–Crippen LogP) is 5.85. The molecular formula is C31H48F3N5O4S. The Morgan fingerprint density at radius 1 is 1.02 bits per heavy atom. The third-order valence-corrected chi connectivity index (χ3v) is 10.7. The van der Waals surface area contributed by atoms with Crippen LogP contribution >= 0.6 is 0 Å². The summed E-state index contributed by atoms with van der Waals surface area (Å²) in [6.07, 6.45) is 2.75. The van der Waals surface area contributed by atoms with Gasteiger partial charge >= 0.3 is 12.2 Å². The molecule has 0 radical (unpaired) electrons. The number of alkyl halides is 3. The van der Waals surface area contributed by atoms with E-state index in [9.17, 15) is 31.2 Å². The molecule has 9 nitrogen and oxygen atoms in total. The van der Waals surface area contributed by atoms with E-state index in [2.05, 4.69) is 20.5 Å². The van der Waals surface area contributed by atoms with E-state index in [0.29, 0.717) is 56.7 Å². The number of sulfonamides is 1. The van der Waals surface area contributed by atoms with Crippen molar-refractivity contribution in [2.75, 3.05) is 36.8 Å². The number of pyridine rings is 1. The molecule has 3 N–H and O–H groups in total. The zero-order chi connectivity index (χ0) is 31.2. The SMILES string of the molecule is C.CCCCS(=O)(=O)N1CCC(CCCNC(=O)NCC[C@H]2CC[C@@H](C)N2c2ccc3[nH]c(=O)cc(C(F)(F)F)c3c2)CC1. The average molecular weight is 644 g/mol. The van der Waals surface area contributed by atoms with Crippen molar-refractivity contribution in [1.82, 2.24) is 19.9 Å². The molecule has 2 fully saturated rings. The first-order chi connectivity index (χ1) is 20.4. The van der Waals surface area contributed by atoms with Crippen molar-refractivity contribution in [2.24, 2.45) is 5.92 Å². The molecule has 2 saturated heterocycles. The van der Waals surface area contributed by atoms with Crippen molar-refractivity contribution in [3.8, 4) is 0 Å². The second-order valence-corrected chi connectivity index (χ2v) is 14.0. The molecule has 13 heteroatoms. The lowest BCUT2D eigenvalue weighted by Gasteiger charge is -2.31. The molecule has 3 heterocycles. The van der Waals surface area contributed by atoms with Gasteiger partial charge in [-0.25, -0.2) is 17.5 Å². The number of fused-ring (bicyclic) bond motifs is 1. The topological polar surface area (TPSA) is 115 Å². The Morgan fingerprint density at radius 2 is 1.73 bits per heavy atom. The number of rotatable bonds is 12. The molecule has 44 heavy (non-hydrogen) atoms. The van der Waals surface area contributed by atoms with Crippen LogP contribution in [0.2, 0.25) is 0 Å². The number of H-pyrrole nitrogens is 1. The van der Waals surface area contributed by atoms with Crippen molar-refractivity contribution >= 4 is 32.6 Å². The number of halogens is 3. The normalized spacial score (nSPS) is 20.1. The average Bonchev–Trinajstić information content (AvgIpc) is 3.33. The van der Waals surface area contributed by atoms with Gasteiger partial charge in [0.25, 0.3) is 0 Å². The van der Waals surface area contributed by atoms with Gasteiger partial charge in [-0.15, -0.1) is 0 Å². The van der Waals surface area contributed by atoms with Gasteiger partial charge in [0.05, 0.1) is 11.3 Å². The second-order valence-electron chi connectivity index (χ2n) is 11.9. The lowest BCUT2D eigenvalue weighted by Crippen LogP contribution is -2.41. The minimum Gasteiger partial charge on any atom is -0.366 e. The molecule has 0 saturated carbocycles. The van der Waals surface area contributed by atoms with E-state index in [-0.39, 0.29) is 42.2 Å². The molecule has 2 amide bonds. The lowest BCUT2D eigenvalue weighted by atomic mass is 9.93. The molecule has 0 unspecified atom stereocenters. The molecule has 0 spiro atoms. The zero-order valence-electron chi connectivity index (χ0n) is 25.0. The summed E-state index contributed by atoms with van der Waals surface area (Å²) in [5.74, 6) is 0.681. The van der Waals surface area contributed by atoms with Gasteiger partial charge < -0.3 is 20.5 Å². The summed E-state index contributed by atoms with van der Waals surface area (Å²) in [5, 5.41) is 5.76. The summed E-state index contributed by atoms with van der Waals surface area (Å²) < 4.78 is 67.4.